The molecule has 2 rings (SSSR count). The van der Waals surface area contributed by atoms with Gasteiger partial charge < -0.3 is 5.73 Å². The third-order valence-corrected chi connectivity index (χ3v) is 4.19. The van der Waals surface area contributed by atoms with Gasteiger partial charge in [0.2, 0.25) is 0 Å². The molecule has 94 valence electrons. The molecule has 0 spiro atoms. The van der Waals surface area contributed by atoms with Crippen LogP contribution in [0.15, 0.2) is 18.2 Å². The largest absolute Gasteiger partial charge is 0.321 e. The van der Waals surface area contributed by atoms with Gasteiger partial charge in [0.15, 0.2) is 11.6 Å². The van der Waals surface area contributed by atoms with Crippen LogP contribution >= 0.6 is 0 Å². The van der Waals surface area contributed by atoms with Crippen molar-refractivity contribution < 1.29 is 8.78 Å². The Morgan fingerprint density at radius 2 is 1.94 bits per heavy atom. The van der Waals surface area contributed by atoms with Crippen molar-refractivity contribution in [1.29, 1.82) is 0 Å². The average molecular weight is 239 g/mol. The van der Waals surface area contributed by atoms with E-state index in [9.17, 15) is 8.78 Å². The van der Waals surface area contributed by atoms with Gasteiger partial charge in [-0.2, -0.15) is 0 Å². The maximum absolute atomic E-state index is 13.8. The van der Waals surface area contributed by atoms with Crippen LogP contribution in [-0.4, -0.2) is 0 Å². The zero-order chi connectivity index (χ0) is 12.6. The van der Waals surface area contributed by atoms with Crippen LogP contribution in [0.3, 0.4) is 0 Å². The lowest BCUT2D eigenvalue weighted by Crippen LogP contribution is -2.44. The summed E-state index contributed by atoms with van der Waals surface area (Å²) in [5.74, 6) is -0.546. The molecular formula is C14H19F2N. The monoisotopic (exact) mass is 239 g/mol. The Hall–Kier alpha value is -0.960. The Morgan fingerprint density at radius 3 is 2.59 bits per heavy atom. The number of halogens is 2. The summed E-state index contributed by atoms with van der Waals surface area (Å²) in [6, 6.07) is 4.28. The van der Waals surface area contributed by atoms with Crippen LogP contribution < -0.4 is 5.73 Å². The van der Waals surface area contributed by atoms with E-state index >= 15 is 0 Å². The molecule has 3 heteroatoms. The lowest BCUT2D eigenvalue weighted by atomic mass is 9.69. The first-order valence-electron chi connectivity index (χ1n) is 6.17. The summed E-state index contributed by atoms with van der Waals surface area (Å²) < 4.78 is 27.0. The molecule has 0 bridgehead atoms. The van der Waals surface area contributed by atoms with Gasteiger partial charge in [0.25, 0.3) is 0 Å². The number of hydrogen-bond donors (Lipinski definition) is 1. The van der Waals surface area contributed by atoms with E-state index in [0.717, 1.165) is 18.9 Å². The van der Waals surface area contributed by atoms with Crippen molar-refractivity contribution in [3.63, 3.8) is 0 Å². The second-order valence-electron chi connectivity index (χ2n) is 5.45. The Bertz CT molecular complexity index is 419. The summed E-state index contributed by atoms with van der Waals surface area (Å²) in [5, 5.41) is 0. The van der Waals surface area contributed by atoms with Crippen molar-refractivity contribution >= 4 is 0 Å². The van der Waals surface area contributed by atoms with Crippen LogP contribution in [-0.2, 0) is 5.54 Å². The Kier molecular flexibility index (Phi) is 3.21. The number of rotatable bonds is 1. The first-order chi connectivity index (χ1) is 7.94. The summed E-state index contributed by atoms with van der Waals surface area (Å²) in [6.07, 6.45) is 2.40. The fourth-order valence-corrected chi connectivity index (χ4v) is 2.78. The maximum atomic E-state index is 13.8. The molecule has 3 unspecified atom stereocenters. The average Bonchev–Trinajstić information content (AvgIpc) is 2.28. The van der Waals surface area contributed by atoms with E-state index < -0.39 is 17.2 Å². The highest BCUT2D eigenvalue weighted by Crippen LogP contribution is 2.41. The molecule has 0 radical (unpaired) electrons. The van der Waals surface area contributed by atoms with E-state index in [1.807, 2.05) is 0 Å². The van der Waals surface area contributed by atoms with Gasteiger partial charge in [0.05, 0.1) is 0 Å². The van der Waals surface area contributed by atoms with Crippen LogP contribution in [0, 0.1) is 23.5 Å². The molecule has 1 aromatic rings. The highest BCUT2D eigenvalue weighted by Gasteiger charge is 2.38. The van der Waals surface area contributed by atoms with Gasteiger partial charge in [-0.05, 0) is 37.2 Å². The first-order valence-corrected chi connectivity index (χ1v) is 6.17. The topological polar surface area (TPSA) is 26.0 Å². The van der Waals surface area contributed by atoms with Crippen LogP contribution in [0.25, 0.3) is 0 Å². The minimum absolute atomic E-state index is 0.330. The standard InChI is InChI=1S/C14H19F2N/c1-9-6-7-14(17,8-10(9)2)11-4-3-5-12(15)13(11)16/h3-5,9-10H,6-8,17H2,1-2H3. The summed E-state index contributed by atoms with van der Waals surface area (Å²) >= 11 is 0. The summed E-state index contributed by atoms with van der Waals surface area (Å²) in [7, 11) is 0. The van der Waals surface area contributed by atoms with E-state index in [0.29, 0.717) is 23.8 Å². The van der Waals surface area contributed by atoms with Gasteiger partial charge in [-0.3, -0.25) is 0 Å². The van der Waals surface area contributed by atoms with Gasteiger partial charge in [0, 0.05) is 11.1 Å². The van der Waals surface area contributed by atoms with Crippen molar-refractivity contribution in [3.8, 4) is 0 Å². The van der Waals surface area contributed by atoms with E-state index in [-0.39, 0.29) is 0 Å². The molecule has 1 aliphatic carbocycles. The minimum Gasteiger partial charge on any atom is -0.321 e. The molecule has 0 heterocycles. The molecule has 1 aliphatic rings. The molecular weight excluding hydrogens is 220 g/mol. The lowest BCUT2D eigenvalue weighted by Gasteiger charge is -2.40. The van der Waals surface area contributed by atoms with Crippen LogP contribution in [0.1, 0.15) is 38.7 Å². The summed E-state index contributed by atoms with van der Waals surface area (Å²) in [6.45, 7) is 4.31. The number of benzene rings is 1. The second kappa shape index (κ2) is 4.37. The van der Waals surface area contributed by atoms with Crippen LogP contribution in [0.2, 0.25) is 0 Å². The third-order valence-electron chi connectivity index (χ3n) is 4.19. The van der Waals surface area contributed by atoms with Gasteiger partial charge in [-0.25, -0.2) is 8.78 Å². The van der Waals surface area contributed by atoms with Crippen LogP contribution in [0.5, 0.6) is 0 Å². The first kappa shape index (κ1) is 12.5. The number of hydrogen-bond acceptors (Lipinski definition) is 1. The zero-order valence-electron chi connectivity index (χ0n) is 10.3. The van der Waals surface area contributed by atoms with Gasteiger partial charge in [-0.1, -0.05) is 26.0 Å². The second-order valence-corrected chi connectivity index (χ2v) is 5.45. The molecule has 0 saturated heterocycles. The van der Waals surface area contributed by atoms with Crippen molar-refractivity contribution in [2.75, 3.05) is 0 Å². The summed E-state index contributed by atoms with van der Waals surface area (Å²) in [4.78, 5) is 0. The third kappa shape index (κ3) is 2.21. The predicted molar refractivity (Wildman–Crippen MR) is 64.4 cm³/mol. The normalized spacial score (nSPS) is 33.7. The van der Waals surface area contributed by atoms with Crippen molar-refractivity contribution in [3.05, 3.63) is 35.4 Å². The number of nitrogens with two attached hydrogens (primary N) is 1. The maximum Gasteiger partial charge on any atom is 0.163 e. The molecule has 2 N–H and O–H groups in total. The Balaban J connectivity index is 2.35. The predicted octanol–water partition coefficient (Wildman–Crippen LogP) is 3.57. The molecule has 1 saturated carbocycles. The molecule has 0 aliphatic heterocycles. The van der Waals surface area contributed by atoms with Gasteiger partial charge in [0.1, 0.15) is 0 Å². The molecule has 0 aromatic heterocycles. The molecule has 17 heavy (non-hydrogen) atoms. The smallest absolute Gasteiger partial charge is 0.163 e. The summed E-state index contributed by atoms with van der Waals surface area (Å²) in [5.41, 5.74) is 5.92. The zero-order valence-corrected chi connectivity index (χ0v) is 10.3. The highest BCUT2D eigenvalue weighted by atomic mass is 19.2. The van der Waals surface area contributed by atoms with E-state index in [1.54, 1.807) is 6.07 Å². The fraction of sp³-hybridized carbons (Fsp3) is 0.571. The Morgan fingerprint density at radius 1 is 1.24 bits per heavy atom. The Labute approximate surface area is 101 Å². The quantitative estimate of drug-likeness (QED) is 0.796. The molecule has 1 fully saturated rings. The van der Waals surface area contributed by atoms with E-state index in [1.165, 1.54) is 6.07 Å². The SMILES string of the molecule is CC1CCC(N)(c2cccc(F)c2F)CC1C. The van der Waals surface area contributed by atoms with E-state index in [4.69, 9.17) is 5.73 Å². The highest BCUT2D eigenvalue weighted by molar-refractivity contribution is 5.27. The van der Waals surface area contributed by atoms with Crippen molar-refractivity contribution in [2.45, 2.75) is 38.6 Å². The van der Waals surface area contributed by atoms with Gasteiger partial charge in [-0.15, -0.1) is 0 Å². The fourth-order valence-electron chi connectivity index (χ4n) is 2.78. The minimum atomic E-state index is -0.807. The molecule has 0 amide bonds. The van der Waals surface area contributed by atoms with Gasteiger partial charge >= 0.3 is 0 Å². The van der Waals surface area contributed by atoms with Crippen molar-refractivity contribution in [1.82, 2.24) is 0 Å². The van der Waals surface area contributed by atoms with E-state index in [2.05, 4.69) is 13.8 Å². The molecule has 1 nitrogen and oxygen atoms in total. The van der Waals surface area contributed by atoms with Crippen LogP contribution in [0.4, 0.5) is 8.78 Å². The lowest BCUT2D eigenvalue weighted by molar-refractivity contribution is 0.172. The van der Waals surface area contributed by atoms with Crippen molar-refractivity contribution in [2.24, 2.45) is 17.6 Å². The molecule has 3 atom stereocenters. The molecule has 1 aromatic carbocycles.